The predicted octanol–water partition coefficient (Wildman–Crippen LogP) is 4.03. The molecule has 5 heteroatoms. The van der Waals surface area contributed by atoms with Gasteiger partial charge in [0.1, 0.15) is 6.54 Å². The van der Waals surface area contributed by atoms with Gasteiger partial charge in [0.25, 0.3) is 0 Å². The van der Waals surface area contributed by atoms with E-state index in [1.807, 2.05) is 39.0 Å². The number of hydrogen-bond acceptors (Lipinski definition) is 2. The summed E-state index contributed by atoms with van der Waals surface area (Å²) >= 11 is 6.13. The zero-order valence-corrected chi connectivity index (χ0v) is 15.8. The minimum absolute atomic E-state index is 0.00449. The minimum Gasteiger partial charge on any atom is -0.352 e. The van der Waals surface area contributed by atoms with E-state index in [0.717, 1.165) is 17.8 Å². The molecule has 0 aliphatic heterocycles. The summed E-state index contributed by atoms with van der Waals surface area (Å²) in [6.45, 7) is 10.3. The lowest BCUT2D eigenvalue weighted by molar-refractivity contribution is -0.122. The molecule has 24 heavy (non-hydrogen) atoms. The maximum Gasteiger partial charge on any atom is 0.241 e. The van der Waals surface area contributed by atoms with Crippen LogP contribution in [-0.4, -0.2) is 21.7 Å². The summed E-state index contributed by atoms with van der Waals surface area (Å²) in [5.74, 6) is -0.0476. The SMILES string of the molecule is Cc1nn(CC(=O)NC(C)CC(C)(C)c2ccccc2)c(C)c1Cl. The van der Waals surface area contributed by atoms with E-state index < -0.39 is 0 Å². The molecule has 2 rings (SSSR count). The normalized spacial score (nSPS) is 12.9. The molecular formula is C19H26ClN3O. The smallest absolute Gasteiger partial charge is 0.241 e. The molecule has 0 bridgehead atoms. The Balaban J connectivity index is 1.95. The van der Waals surface area contributed by atoms with E-state index in [1.54, 1.807) is 4.68 Å². The molecule has 1 amide bonds. The summed E-state index contributed by atoms with van der Waals surface area (Å²) in [4.78, 5) is 12.3. The lowest BCUT2D eigenvalue weighted by atomic mass is 9.79. The van der Waals surface area contributed by atoms with Crippen molar-refractivity contribution in [1.82, 2.24) is 15.1 Å². The molecule has 2 aromatic rings. The summed E-state index contributed by atoms with van der Waals surface area (Å²) < 4.78 is 1.65. The zero-order chi connectivity index (χ0) is 17.9. The van der Waals surface area contributed by atoms with Crippen LogP contribution in [0.5, 0.6) is 0 Å². The highest BCUT2D eigenvalue weighted by Crippen LogP contribution is 2.28. The molecule has 0 saturated carbocycles. The quantitative estimate of drug-likeness (QED) is 0.857. The molecule has 1 aromatic carbocycles. The fourth-order valence-electron chi connectivity index (χ4n) is 3.11. The molecule has 0 fully saturated rings. The van der Waals surface area contributed by atoms with Crippen LogP contribution >= 0.6 is 11.6 Å². The first-order valence-corrected chi connectivity index (χ1v) is 8.63. The summed E-state index contributed by atoms with van der Waals surface area (Å²) in [5.41, 5.74) is 2.84. The van der Waals surface area contributed by atoms with Crippen LogP contribution in [0.25, 0.3) is 0 Å². The minimum atomic E-state index is -0.0476. The maximum absolute atomic E-state index is 12.3. The molecule has 1 N–H and O–H groups in total. The molecule has 0 aliphatic carbocycles. The molecule has 130 valence electrons. The summed E-state index contributed by atoms with van der Waals surface area (Å²) in [5, 5.41) is 8.00. The molecule has 0 aliphatic rings. The first kappa shape index (κ1) is 18.5. The highest BCUT2D eigenvalue weighted by atomic mass is 35.5. The number of halogens is 1. The van der Waals surface area contributed by atoms with Crippen LogP contribution in [0.3, 0.4) is 0 Å². The monoisotopic (exact) mass is 347 g/mol. The molecule has 1 atom stereocenters. The third-order valence-corrected chi connectivity index (χ3v) is 4.91. The van der Waals surface area contributed by atoms with Gasteiger partial charge >= 0.3 is 0 Å². The average Bonchev–Trinajstić information content (AvgIpc) is 2.74. The van der Waals surface area contributed by atoms with Gasteiger partial charge in [-0.15, -0.1) is 0 Å². The number of benzene rings is 1. The predicted molar refractivity (Wildman–Crippen MR) is 98.4 cm³/mol. The fraction of sp³-hybridized carbons (Fsp3) is 0.474. The number of amides is 1. The Labute approximate surface area is 149 Å². The van der Waals surface area contributed by atoms with Gasteiger partial charge in [0.15, 0.2) is 0 Å². The number of carbonyl (C=O) groups is 1. The maximum atomic E-state index is 12.3. The summed E-state index contributed by atoms with van der Waals surface area (Å²) in [6.07, 6.45) is 0.862. The van der Waals surface area contributed by atoms with E-state index in [2.05, 4.69) is 36.4 Å². The van der Waals surface area contributed by atoms with E-state index >= 15 is 0 Å². The van der Waals surface area contributed by atoms with Crippen LogP contribution < -0.4 is 5.32 Å². The third kappa shape index (κ3) is 4.38. The molecule has 1 aromatic heterocycles. The van der Waals surface area contributed by atoms with Gasteiger partial charge in [0, 0.05) is 6.04 Å². The number of aromatic nitrogens is 2. The molecule has 0 saturated heterocycles. The van der Waals surface area contributed by atoms with Crippen molar-refractivity contribution in [2.75, 3.05) is 0 Å². The van der Waals surface area contributed by atoms with Gasteiger partial charge in [-0.3, -0.25) is 9.48 Å². The second-order valence-corrected chi connectivity index (χ2v) is 7.44. The second-order valence-electron chi connectivity index (χ2n) is 7.07. The van der Waals surface area contributed by atoms with Crippen LogP contribution in [0.2, 0.25) is 5.02 Å². The first-order valence-electron chi connectivity index (χ1n) is 8.25. The van der Waals surface area contributed by atoms with Crippen LogP contribution in [0, 0.1) is 13.8 Å². The van der Waals surface area contributed by atoms with Crippen molar-refractivity contribution < 1.29 is 4.79 Å². The van der Waals surface area contributed by atoms with Gasteiger partial charge in [0.05, 0.1) is 16.4 Å². The van der Waals surface area contributed by atoms with E-state index in [0.29, 0.717) is 5.02 Å². The van der Waals surface area contributed by atoms with Crippen molar-refractivity contribution in [1.29, 1.82) is 0 Å². The van der Waals surface area contributed by atoms with E-state index in [9.17, 15) is 4.79 Å². The van der Waals surface area contributed by atoms with E-state index in [4.69, 9.17) is 11.6 Å². The van der Waals surface area contributed by atoms with Gasteiger partial charge < -0.3 is 5.32 Å². The van der Waals surface area contributed by atoms with Crippen LogP contribution in [0.1, 0.15) is 44.1 Å². The molecule has 4 nitrogen and oxygen atoms in total. The fourth-order valence-corrected chi connectivity index (χ4v) is 3.24. The Morgan fingerprint density at radius 1 is 1.29 bits per heavy atom. The highest BCUT2D eigenvalue weighted by Gasteiger charge is 2.24. The summed E-state index contributed by atoms with van der Waals surface area (Å²) in [7, 11) is 0. The standard InChI is InChI=1S/C19H26ClN3O/c1-13(11-19(4,5)16-9-7-6-8-10-16)21-17(24)12-23-15(3)18(20)14(2)22-23/h6-10,13H,11-12H2,1-5H3,(H,21,24). The second kappa shape index (κ2) is 7.39. The van der Waals surface area contributed by atoms with Crippen molar-refractivity contribution in [3.63, 3.8) is 0 Å². The van der Waals surface area contributed by atoms with Crippen molar-refractivity contribution in [2.45, 2.75) is 59.0 Å². The Bertz CT molecular complexity index is 707. The van der Waals surface area contributed by atoms with Crippen molar-refractivity contribution >= 4 is 17.5 Å². The van der Waals surface area contributed by atoms with Crippen LogP contribution in [0.15, 0.2) is 30.3 Å². The van der Waals surface area contributed by atoms with E-state index in [-0.39, 0.29) is 23.9 Å². The Morgan fingerprint density at radius 2 is 1.92 bits per heavy atom. The number of aryl methyl sites for hydroxylation is 1. The van der Waals surface area contributed by atoms with Crippen molar-refractivity contribution in [3.05, 3.63) is 52.3 Å². The van der Waals surface area contributed by atoms with Gasteiger partial charge in [-0.05, 0) is 38.2 Å². The van der Waals surface area contributed by atoms with E-state index in [1.165, 1.54) is 5.56 Å². The molecule has 0 spiro atoms. The Morgan fingerprint density at radius 3 is 2.46 bits per heavy atom. The van der Waals surface area contributed by atoms with Gasteiger partial charge in [0.2, 0.25) is 5.91 Å². The van der Waals surface area contributed by atoms with Crippen molar-refractivity contribution in [3.8, 4) is 0 Å². The molecule has 1 unspecified atom stereocenters. The number of hydrogen-bond donors (Lipinski definition) is 1. The number of nitrogens with one attached hydrogen (secondary N) is 1. The number of nitrogens with zero attached hydrogens (tertiary/aromatic N) is 2. The van der Waals surface area contributed by atoms with Gasteiger partial charge in [-0.1, -0.05) is 55.8 Å². The van der Waals surface area contributed by atoms with Gasteiger partial charge in [-0.2, -0.15) is 5.10 Å². The largest absolute Gasteiger partial charge is 0.352 e. The Hall–Kier alpha value is -1.81. The third-order valence-electron chi connectivity index (χ3n) is 4.37. The lowest BCUT2D eigenvalue weighted by Crippen LogP contribution is -2.39. The molecule has 0 radical (unpaired) electrons. The topological polar surface area (TPSA) is 46.9 Å². The number of carbonyl (C=O) groups excluding carboxylic acids is 1. The zero-order valence-electron chi connectivity index (χ0n) is 15.1. The average molecular weight is 348 g/mol. The first-order chi connectivity index (χ1) is 11.2. The van der Waals surface area contributed by atoms with Crippen LogP contribution in [-0.2, 0) is 16.8 Å². The van der Waals surface area contributed by atoms with Crippen LogP contribution in [0.4, 0.5) is 0 Å². The molecule has 1 heterocycles. The number of rotatable bonds is 6. The highest BCUT2D eigenvalue weighted by molar-refractivity contribution is 6.31. The Kier molecular flexibility index (Phi) is 5.70. The van der Waals surface area contributed by atoms with Crippen molar-refractivity contribution in [2.24, 2.45) is 0 Å². The lowest BCUT2D eigenvalue weighted by Gasteiger charge is -2.29. The molecular weight excluding hydrogens is 322 g/mol. The summed E-state index contributed by atoms with van der Waals surface area (Å²) in [6, 6.07) is 10.4. The van der Waals surface area contributed by atoms with Gasteiger partial charge in [-0.25, -0.2) is 0 Å².